The summed E-state index contributed by atoms with van der Waals surface area (Å²) in [5.74, 6) is 0.520. The molecule has 17 heavy (non-hydrogen) atoms. The van der Waals surface area contributed by atoms with Gasteiger partial charge in [0.15, 0.2) is 0 Å². The van der Waals surface area contributed by atoms with Crippen molar-refractivity contribution in [2.24, 2.45) is 5.92 Å². The second-order valence-corrected chi connectivity index (χ2v) is 5.17. The Morgan fingerprint density at radius 3 is 2.65 bits per heavy atom. The van der Waals surface area contributed by atoms with Gasteiger partial charge < -0.3 is 10.0 Å². The fourth-order valence-corrected chi connectivity index (χ4v) is 2.66. The minimum atomic E-state index is 0.182. The number of hydrogen-bond acceptors (Lipinski definition) is 2. The van der Waals surface area contributed by atoms with Crippen molar-refractivity contribution in [3.05, 3.63) is 12.2 Å². The van der Waals surface area contributed by atoms with Gasteiger partial charge >= 0.3 is 0 Å². The molecule has 3 heteroatoms. The third-order valence-corrected chi connectivity index (χ3v) is 3.97. The summed E-state index contributed by atoms with van der Waals surface area (Å²) in [6.07, 6.45) is 11.5. The number of aliphatic hydroxyl groups is 1. The van der Waals surface area contributed by atoms with Crippen molar-refractivity contribution in [1.29, 1.82) is 0 Å². The van der Waals surface area contributed by atoms with Crippen LogP contribution >= 0.6 is 0 Å². The molecule has 0 aromatic rings. The molecule has 1 N–H and O–H groups in total. The molecule has 2 aliphatic carbocycles. The van der Waals surface area contributed by atoms with Crippen molar-refractivity contribution in [3.8, 4) is 0 Å². The molecule has 1 saturated carbocycles. The van der Waals surface area contributed by atoms with Crippen LogP contribution in [0.5, 0.6) is 0 Å². The molecule has 2 aliphatic rings. The molecular weight excluding hydrogens is 214 g/mol. The average Bonchev–Trinajstić information content (AvgIpc) is 2.32. The highest BCUT2D eigenvalue weighted by molar-refractivity contribution is 5.79. The summed E-state index contributed by atoms with van der Waals surface area (Å²) < 4.78 is 0. The third-order valence-electron chi connectivity index (χ3n) is 3.97. The lowest BCUT2D eigenvalue weighted by atomic mass is 9.87. The number of carbonyl (C=O) groups excluding carboxylic acids is 1. The van der Waals surface area contributed by atoms with Gasteiger partial charge in [0.25, 0.3) is 0 Å². The Morgan fingerprint density at radius 1 is 1.29 bits per heavy atom. The van der Waals surface area contributed by atoms with Gasteiger partial charge in [-0.1, -0.05) is 12.2 Å². The maximum absolute atomic E-state index is 12.4. The minimum absolute atomic E-state index is 0.182. The van der Waals surface area contributed by atoms with E-state index in [1.54, 1.807) is 0 Å². The van der Waals surface area contributed by atoms with Crippen LogP contribution in [0.25, 0.3) is 0 Å². The number of hydrogen-bond donors (Lipinski definition) is 1. The monoisotopic (exact) mass is 237 g/mol. The van der Waals surface area contributed by atoms with E-state index in [4.69, 9.17) is 5.11 Å². The number of nitrogens with zero attached hydrogens (tertiary/aromatic N) is 1. The zero-order valence-electron chi connectivity index (χ0n) is 10.5. The molecule has 0 aromatic carbocycles. The Bertz CT molecular complexity index is 284. The van der Waals surface area contributed by atoms with E-state index in [1.165, 1.54) is 6.42 Å². The molecule has 0 aromatic heterocycles. The SMILES string of the molecule is O=C(C1CC=CCC1)N(CCCO)C1CCC1. The van der Waals surface area contributed by atoms with E-state index in [-0.39, 0.29) is 12.5 Å². The van der Waals surface area contributed by atoms with Crippen molar-refractivity contribution in [2.45, 2.75) is 51.0 Å². The highest BCUT2D eigenvalue weighted by Gasteiger charge is 2.32. The lowest BCUT2D eigenvalue weighted by Gasteiger charge is -2.39. The van der Waals surface area contributed by atoms with E-state index in [1.807, 2.05) is 4.90 Å². The number of carbonyl (C=O) groups is 1. The van der Waals surface area contributed by atoms with Crippen LogP contribution in [0.4, 0.5) is 0 Å². The van der Waals surface area contributed by atoms with E-state index in [9.17, 15) is 4.79 Å². The maximum atomic E-state index is 12.4. The van der Waals surface area contributed by atoms with Crippen molar-refractivity contribution in [1.82, 2.24) is 4.90 Å². The van der Waals surface area contributed by atoms with E-state index in [0.717, 1.165) is 38.6 Å². The van der Waals surface area contributed by atoms with Gasteiger partial charge in [-0.25, -0.2) is 0 Å². The predicted molar refractivity (Wildman–Crippen MR) is 67.5 cm³/mol. The van der Waals surface area contributed by atoms with Crippen LogP contribution in [0.1, 0.15) is 44.9 Å². The van der Waals surface area contributed by atoms with E-state index >= 15 is 0 Å². The maximum Gasteiger partial charge on any atom is 0.226 e. The zero-order chi connectivity index (χ0) is 12.1. The molecule has 1 atom stereocenters. The normalized spacial score (nSPS) is 24.4. The van der Waals surface area contributed by atoms with Gasteiger partial charge in [-0.3, -0.25) is 4.79 Å². The van der Waals surface area contributed by atoms with Gasteiger partial charge in [0.2, 0.25) is 5.91 Å². The molecule has 1 unspecified atom stereocenters. The quantitative estimate of drug-likeness (QED) is 0.744. The lowest BCUT2D eigenvalue weighted by Crippen LogP contribution is -2.47. The lowest BCUT2D eigenvalue weighted by molar-refractivity contribution is -0.140. The first-order valence-electron chi connectivity index (χ1n) is 6.89. The van der Waals surface area contributed by atoms with Crippen LogP contribution in [0.3, 0.4) is 0 Å². The molecule has 0 bridgehead atoms. The van der Waals surface area contributed by atoms with Gasteiger partial charge in [-0.05, 0) is 44.9 Å². The predicted octanol–water partition coefficient (Wildman–Crippen LogP) is 2.11. The summed E-state index contributed by atoms with van der Waals surface area (Å²) in [6, 6.07) is 0.458. The van der Waals surface area contributed by atoms with Crippen LogP contribution in [0.15, 0.2) is 12.2 Å². The average molecular weight is 237 g/mol. The molecule has 1 amide bonds. The number of allylic oxidation sites excluding steroid dienone is 2. The molecule has 0 aliphatic heterocycles. The number of amides is 1. The van der Waals surface area contributed by atoms with Gasteiger partial charge in [0.05, 0.1) is 0 Å². The highest BCUT2D eigenvalue weighted by atomic mass is 16.3. The van der Waals surface area contributed by atoms with Crippen LogP contribution in [-0.2, 0) is 4.79 Å². The summed E-state index contributed by atoms with van der Waals surface area (Å²) in [4.78, 5) is 14.5. The first-order valence-corrected chi connectivity index (χ1v) is 6.89. The molecule has 1 fully saturated rings. The summed E-state index contributed by atoms with van der Waals surface area (Å²) in [7, 11) is 0. The summed E-state index contributed by atoms with van der Waals surface area (Å²) in [5, 5.41) is 8.93. The Labute approximate surface area is 103 Å². The van der Waals surface area contributed by atoms with Gasteiger partial charge in [-0.15, -0.1) is 0 Å². The van der Waals surface area contributed by atoms with Crippen LogP contribution in [-0.4, -0.2) is 35.1 Å². The van der Waals surface area contributed by atoms with Crippen LogP contribution in [0.2, 0.25) is 0 Å². The molecule has 0 heterocycles. The summed E-state index contributed by atoms with van der Waals surface area (Å²) >= 11 is 0. The molecule has 96 valence electrons. The second-order valence-electron chi connectivity index (χ2n) is 5.17. The topological polar surface area (TPSA) is 40.5 Å². The first kappa shape index (κ1) is 12.6. The van der Waals surface area contributed by atoms with E-state index in [2.05, 4.69) is 12.2 Å². The Balaban J connectivity index is 1.93. The standard InChI is InChI=1S/C14H23NO2/c16-11-5-10-15(13-8-4-9-13)14(17)12-6-2-1-3-7-12/h1-2,12-13,16H,3-11H2. The van der Waals surface area contributed by atoms with Crippen molar-refractivity contribution in [2.75, 3.05) is 13.2 Å². The number of rotatable bonds is 5. The van der Waals surface area contributed by atoms with Crippen LogP contribution in [0, 0.1) is 5.92 Å². The third kappa shape index (κ3) is 3.09. The van der Waals surface area contributed by atoms with Crippen molar-refractivity contribution >= 4 is 5.91 Å². The van der Waals surface area contributed by atoms with Crippen LogP contribution < -0.4 is 0 Å². The smallest absolute Gasteiger partial charge is 0.226 e. The van der Waals surface area contributed by atoms with Gasteiger partial charge in [0, 0.05) is 25.1 Å². The van der Waals surface area contributed by atoms with Gasteiger partial charge in [0.1, 0.15) is 0 Å². The van der Waals surface area contributed by atoms with Gasteiger partial charge in [-0.2, -0.15) is 0 Å². The molecule has 0 saturated heterocycles. The minimum Gasteiger partial charge on any atom is -0.396 e. The first-order chi connectivity index (χ1) is 8.33. The van der Waals surface area contributed by atoms with E-state index < -0.39 is 0 Å². The second kappa shape index (κ2) is 6.20. The molecule has 2 rings (SSSR count). The fraction of sp³-hybridized carbons (Fsp3) is 0.786. The number of aliphatic hydroxyl groups excluding tert-OH is 1. The molecule has 0 radical (unpaired) electrons. The Morgan fingerprint density at radius 2 is 2.12 bits per heavy atom. The Kier molecular flexibility index (Phi) is 4.60. The molecule has 0 spiro atoms. The largest absolute Gasteiger partial charge is 0.396 e. The van der Waals surface area contributed by atoms with E-state index in [0.29, 0.717) is 18.4 Å². The molecule has 3 nitrogen and oxygen atoms in total. The van der Waals surface area contributed by atoms with Crippen molar-refractivity contribution in [3.63, 3.8) is 0 Å². The fourth-order valence-electron chi connectivity index (χ4n) is 2.66. The van der Waals surface area contributed by atoms with Crippen molar-refractivity contribution < 1.29 is 9.90 Å². The summed E-state index contributed by atoms with van der Waals surface area (Å²) in [5.41, 5.74) is 0. The Hall–Kier alpha value is -0.830. The highest BCUT2D eigenvalue weighted by Crippen LogP contribution is 2.29. The molecular formula is C14H23NO2. The zero-order valence-corrected chi connectivity index (χ0v) is 10.5. The summed E-state index contributed by atoms with van der Waals surface area (Å²) in [6.45, 7) is 0.918.